The van der Waals surface area contributed by atoms with E-state index in [4.69, 9.17) is 0 Å². The minimum Gasteiger partial charge on any atom is -0.253 e. The van der Waals surface area contributed by atoms with E-state index < -0.39 is 0 Å². The molecule has 72 valence electrons. The highest BCUT2D eigenvalue weighted by Gasteiger charge is 1.96. The lowest BCUT2D eigenvalue weighted by molar-refractivity contribution is 1.21. The largest absolute Gasteiger partial charge is 0.253 e. The number of benzene rings is 1. The van der Waals surface area contributed by atoms with E-state index in [1.807, 2.05) is 43.3 Å². The third kappa shape index (κ3) is 2.42. The van der Waals surface area contributed by atoms with Crippen LogP contribution in [0.4, 0.5) is 0 Å². The highest BCUT2D eigenvalue weighted by molar-refractivity contribution is 8.93. The van der Waals surface area contributed by atoms with Crippen molar-refractivity contribution in [1.29, 1.82) is 0 Å². The lowest BCUT2D eigenvalue weighted by Crippen LogP contribution is -1.84. The van der Waals surface area contributed by atoms with Crippen LogP contribution in [0.1, 0.15) is 5.69 Å². The van der Waals surface area contributed by atoms with Crippen LogP contribution in [0.3, 0.4) is 0 Å². The molecule has 0 aliphatic carbocycles. The maximum atomic E-state index is 4.44. The number of aryl methyl sites for hydroxylation is 1. The Morgan fingerprint density at radius 3 is 2.21 bits per heavy atom. The van der Waals surface area contributed by atoms with E-state index in [9.17, 15) is 0 Å². The lowest BCUT2D eigenvalue weighted by atomic mass is 10.1. The first-order valence-corrected chi connectivity index (χ1v) is 4.35. The van der Waals surface area contributed by atoms with Crippen LogP contribution in [0, 0.1) is 6.92 Å². The summed E-state index contributed by atoms with van der Waals surface area (Å²) in [5.74, 6) is 0. The van der Waals surface area contributed by atoms with Crippen molar-refractivity contribution in [3.05, 3.63) is 54.2 Å². The van der Waals surface area contributed by atoms with Gasteiger partial charge in [-0.1, -0.05) is 36.4 Å². The quantitative estimate of drug-likeness (QED) is 0.753. The van der Waals surface area contributed by atoms with Gasteiger partial charge in [-0.25, -0.2) is 0 Å². The van der Waals surface area contributed by atoms with E-state index >= 15 is 0 Å². The fourth-order valence-electron chi connectivity index (χ4n) is 1.31. The first-order chi connectivity index (χ1) is 6.36. The first kappa shape index (κ1) is 10.9. The molecule has 2 heteroatoms. The zero-order valence-corrected chi connectivity index (χ0v) is 9.69. The molecule has 0 radical (unpaired) electrons. The van der Waals surface area contributed by atoms with Crippen LogP contribution < -0.4 is 0 Å². The summed E-state index contributed by atoms with van der Waals surface area (Å²) < 4.78 is 0. The van der Waals surface area contributed by atoms with Crippen molar-refractivity contribution >= 4 is 17.0 Å². The summed E-state index contributed by atoms with van der Waals surface area (Å²) in [7, 11) is 0. The van der Waals surface area contributed by atoms with Gasteiger partial charge in [-0.15, -0.1) is 17.0 Å². The van der Waals surface area contributed by atoms with Gasteiger partial charge < -0.3 is 0 Å². The van der Waals surface area contributed by atoms with Gasteiger partial charge in [0.05, 0.1) is 5.69 Å². The van der Waals surface area contributed by atoms with E-state index in [1.165, 1.54) is 5.56 Å². The minimum absolute atomic E-state index is 0. The summed E-state index contributed by atoms with van der Waals surface area (Å²) in [6, 6.07) is 16.3. The number of hydrogen-bond donors (Lipinski definition) is 0. The zero-order chi connectivity index (χ0) is 9.10. The lowest BCUT2D eigenvalue weighted by Gasteiger charge is -2.00. The van der Waals surface area contributed by atoms with Gasteiger partial charge in [0.2, 0.25) is 0 Å². The summed E-state index contributed by atoms with van der Waals surface area (Å²) in [4.78, 5) is 4.44. The summed E-state index contributed by atoms with van der Waals surface area (Å²) in [6.07, 6.45) is 0. The molecule has 0 N–H and O–H groups in total. The summed E-state index contributed by atoms with van der Waals surface area (Å²) in [5, 5.41) is 0. The van der Waals surface area contributed by atoms with Gasteiger partial charge in [-0.2, -0.15) is 0 Å². The second-order valence-electron chi connectivity index (χ2n) is 3.03. The number of nitrogens with zero attached hydrogens (tertiary/aromatic N) is 1. The van der Waals surface area contributed by atoms with Crippen molar-refractivity contribution < 1.29 is 0 Å². The van der Waals surface area contributed by atoms with Gasteiger partial charge in [-0.3, -0.25) is 4.98 Å². The monoisotopic (exact) mass is 249 g/mol. The molecular weight excluding hydrogens is 238 g/mol. The number of hydrogen-bond acceptors (Lipinski definition) is 1. The van der Waals surface area contributed by atoms with E-state index in [0.717, 1.165) is 11.4 Å². The second-order valence-corrected chi connectivity index (χ2v) is 3.03. The van der Waals surface area contributed by atoms with Crippen molar-refractivity contribution in [3.8, 4) is 11.3 Å². The Labute approximate surface area is 94.6 Å². The van der Waals surface area contributed by atoms with Gasteiger partial charge in [0, 0.05) is 11.3 Å². The molecule has 0 bridgehead atoms. The second kappa shape index (κ2) is 4.91. The predicted octanol–water partition coefficient (Wildman–Crippen LogP) is 3.63. The van der Waals surface area contributed by atoms with Crippen molar-refractivity contribution in [3.63, 3.8) is 0 Å². The highest BCUT2D eigenvalue weighted by atomic mass is 79.9. The molecule has 0 fully saturated rings. The van der Waals surface area contributed by atoms with Gasteiger partial charge in [0.15, 0.2) is 0 Å². The minimum atomic E-state index is 0. The van der Waals surface area contributed by atoms with Crippen LogP contribution in [0.5, 0.6) is 0 Å². The molecule has 0 saturated heterocycles. The molecule has 0 aliphatic rings. The normalized spacial score (nSPS) is 9.21. The molecule has 2 rings (SSSR count). The number of halogens is 1. The Kier molecular flexibility index (Phi) is 3.84. The molecule has 14 heavy (non-hydrogen) atoms. The molecule has 0 atom stereocenters. The van der Waals surface area contributed by atoms with Crippen molar-refractivity contribution in [2.24, 2.45) is 0 Å². The summed E-state index contributed by atoms with van der Waals surface area (Å²) in [5.41, 5.74) is 3.27. The van der Waals surface area contributed by atoms with Gasteiger partial charge in [-0.05, 0) is 19.1 Å². The van der Waals surface area contributed by atoms with Crippen LogP contribution >= 0.6 is 17.0 Å². The molecule has 0 saturated carbocycles. The van der Waals surface area contributed by atoms with Gasteiger partial charge in [0.25, 0.3) is 0 Å². The molecule has 0 spiro atoms. The number of aromatic nitrogens is 1. The molecule has 1 heterocycles. The van der Waals surface area contributed by atoms with E-state index in [-0.39, 0.29) is 17.0 Å². The SMILES string of the molecule is Br.Cc1cccc(-c2ccccc2)n1. The average molecular weight is 250 g/mol. The maximum Gasteiger partial charge on any atom is 0.0705 e. The topological polar surface area (TPSA) is 12.9 Å². The molecule has 0 amide bonds. The maximum absolute atomic E-state index is 4.44. The molecule has 0 unspecified atom stereocenters. The van der Waals surface area contributed by atoms with Crippen LogP contribution in [-0.2, 0) is 0 Å². The van der Waals surface area contributed by atoms with Crippen molar-refractivity contribution in [2.45, 2.75) is 6.92 Å². The standard InChI is InChI=1S/C12H11N.BrH/c1-10-6-5-9-12(13-10)11-7-3-2-4-8-11;/h2-9H,1H3;1H. The first-order valence-electron chi connectivity index (χ1n) is 4.35. The summed E-state index contributed by atoms with van der Waals surface area (Å²) in [6.45, 7) is 2.01. The molecule has 2 aromatic rings. The Morgan fingerprint density at radius 2 is 1.57 bits per heavy atom. The fourth-order valence-corrected chi connectivity index (χ4v) is 1.31. The third-order valence-corrected chi connectivity index (χ3v) is 1.96. The van der Waals surface area contributed by atoms with E-state index in [0.29, 0.717) is 0 Å². The van der Waals surface area contributed by atoms with E-state index in [1.54, 1.807) is 0 Å². The molecule has 0 aliphatic heterocycles. The predicted molar refractivity (Wildman–Crippen MR) is 64.7 cm³/mol. The van der Waals surface area contributed by atoms with Crippen molar-refractivity contribution in [1.82, 2.24) is 4.98 Å². The molecular formula is C12H12BrN. The zero-order valence-electron chi connectivity index (χ0n) is 7.97. The molecule has 1 aromatic carbocycles. The number of rotatable bonds is 1. The van der Waals surface area contributed by atoms with Crippen LogP contribution in [0.25, 0.3) is 11.3 Å². The third-order valence-electron chi connectivity index (χ3n) is 1.96. The average Bonchev–Trinajstić information content (AvgIpc) is 2.19. The Hall–Kier alpha value is -1.15. The van der Waals surface area contributed by atoms with Gasteiger partial charge >= 0.3 is 0 Å². The smallest absolute Gasteiger partial charge is 0.0705 e. The van der Waals surface area contributed by atoms with Crippen molar-refractivity contribution in [2.75, 3.05) is 0 Å². The van der Waals surface area contributed by atoms with Gasteiger partial charge in [0.1, 0.15) is 0 Å². The Morgan fingerprint density at radius 1 is 0.857 bits per heavy atom. The van der Waals surface area contributed by atoms with Crippen LogP contribution in [0.2, 0.25) is 0 Å². The fraction of sp³-hybridized carbons (Fsp3) is 0.0833. The van der Waals surface area contributed by atoms with Crippen LogP contribution in [0.15, 0.2) is 48.5 Å². The van der Waals surface area contributed by atoms with Crippen LogP contribution in [-0.4, -0.2) is 4.98 Å². The summed E-state index contributed by atoms with van der Waals surface area (Å²) >= 11 is 0. The number of pyridine rings is 1. The Bertz CT molecular complexity index is 398. The highest BCUT2D eigenvalue weighted by Crippen LogP contribution is 2.15. The Balaban J connectivity index is 0.000000980. The van der Waals surface area contributed by atoms with E-state index in [2.05, 4.69) is 17.1 Å². The molecule has 1 nitrogen and oxygen atoms in total. The molecule has 1 aromatic heterocycles.